The number of aromatic nitrogens is 4. The van der Waals surface area contributed by atoms with Gasteiger partial charge in [-0.2, -0.15) is 5.10 Å². The number of hydrogen-bond acceptors (Lipinski definition) is 10. The Morgan fingerprint density at radius 2 is 1.88 bits per heavy atom. The quantitative estimate of drug-likeness (QED) is 0.247. The van der Waals surface area contributed by atoms with E-state index in [9.17, 15) is 0 Å². The van der Waals surface area contributed by atoms with Crippen LogP contribution >= 0.6 is 0 Å². The number of aliphatic imine (C=N–C) groups is 1. The van der Waals surface area contributed by atoms with Crippen molar-refractivity contribution in [2.75, 3.05) is 64.6 Å². The maximum atomic E-state index is 6.28. The van der Waals surface area contributed by atoms with Crippen LogP contribution in [0.25, 0.3) is 16.6 Å². The summed E-state index contributed by atoms with van der Waals surface area (Å²) in [5, 5.41) is 4.62. The summed E-state index contributed by atoms with van der Waals surface area (Å²) in [6.45, 7) is 12.1. The summed E-state index contributed by atoms with van der Waals surface area (Å²) in [6, 6.07) is 11.5. The monoisotopic (exact) mass is 582 g/mol. The Morgan fingerprint density at radius 3 is 2.58 bits per heavy atom. The number of pyridine rings is 3. The molecule has 3 aliphatic heterocycles. The molecular weight excluding hydrogens is 544 g/mol. The number of nitrogens with zero attached hydrogens (tertiary/aromatic N) is 8. The van der Waals surface area contributed by atoms with Gasteiger partial charge in [0.1, 0.15) is 18.2 Å². The average Bonchev–Trinajstić information content (AvgIpc) is 3.46. The van der Waals surface area contributed by atoms with Gasteiger partial charge in [-0.05, 0) is 36.9 Å². The molecule has 11 nitrogen and oxygen atoms in total. The van der Waals surface area contributed by atoms with Gasteiger partial charge in [0.05, 0.1) is 44.8 Å². The van der Waals surface area contributed by atoms with Crippen molar-refractivity contribution in [3.63, 3.8) is 0 Å². The van der Waals surface area contributed by atoms with E-state index in [-0.39, 0.29) is 0 Å². The van der Waals surface area contributed by atoms with E-state index >= 15 is 0 Å². The van der Waals surface area contributed by atoms with Crippen molar-refractivity contribution >= 4 is 18.1 Å². The minimum absolute atomic E-state index is 0.499. The largest absolute Gasteiger partial charge is 0.491 e. The lowest BCUT2D eigenvalue weighted by Crippen LogP contribution is -2.64. The average molecular weight is 583 g/mol. The van der Waals surface area contributed by atoms with Crippen molar-refractivity contribution < 1.29 is 14.2 Å². The molecule has 11 heteroatoms. The Hall–Kier alpha value is -4.06. The maximum absolute atomic E-state index is 6.28. The Labute approximate surface area is 251 Å². The van der Waals surface area contributed by atoms with Crippen molar-refractivity contribution in [2.24, 2.45) is 4.99 Å². The molecule has 4 aromatic heterocycles. The van der Waals surface area contributed by atoms with Crippen LogP contribution in [0.5, 0.6) is 11.6 Å². The molecule has 4 aromatic rings. The minimum Gasteiger partial charge on any atom is -0.491 e. The zero-order valence-electron chi connectivity index (χ0n) is 24.6. The number of fused-ring (bicyclic) bond motifs is 3. The van der Waals surface area contributed by atoms with Crippen LogP contribution in [0.2, 0.25) is 0 Å². The molecule has 0 saturated carbocycles. The van der Waals surface area contributed by atoms with E-state index in [1.54, 1.807) is 7.11 Å². The molecule has 2 bridgehead atoms. The second kappa shape index (κ2) is 12.3. The van der Waals surface area contributed by atoms with Crippen LogP contribution in [0.4, 0.5) is 5.82 Å². The van der Waals surface area contributed by atoms with Gasteiger partial charge >= 0.3 is 0 Å². The molecule has 0 spiro atoms. The molecule has 224 valence electrons. The number of morpholine rings is 1. The maximum Gasteiger partial charge on any atom is 0.212 e. The lowest BCUT2D eigenvalue weighted by molar-refractivity contribution is -0.129. The second-order valence-electron chi connectivity index (χ2n) is 11.5. The first-order valence-electron chi connectivity index (χ1n) is 15.0. The highest BCUT2D eigenvalue weighted by Gasteiger charge is 2.41. The third-order valence-electron chi connectivity index (χ3n) is 8.83. The Balaban J connectivity index is 1.03. The first-order chi connectivity index (χ1) is 21.2. The molecule has 0 aromatic carbocycles. The minimum atomic E-state index is 0.499. The van der Waals surface area contributed by atoms with Crippen LogP contribution in [0.1, 0.15) is 17.5 Å². The predicted molar refractivity (Wildman–Crippen MR) is 165 cm³/mol. The molecule has 2 unspecified atom stereocenters. The van der Waals surface area contributed by atoms with Gasteiger partial charge in [-0.15, -0.1) is 0 Å². The van der Waals surface area contributed by atoms with E-state index in [2.05, 4.69) is 60.8 Å². The van der Waals surface area contributed by atoms with Crippen molar-refractivity contribution in [1.29, 1.82) is 0 Å². The van der Waals surface area contributed by atoms with Gasteiger partial charge in [-0.3, -0.25) is 14.8 Å². The Bertz CT molecular complexity index is 1540. The highest BCUT2D eigenvalue weighted by molar-refractivity contribution is 5.83. The molecule has 3 aliphatic rings. The first kappa shape index (κ1) is 27.8. The van der Waals surface area contributed by atoms with E-state index in [1.165, 1.54) is 12.0 Å². The van der Waals surface area contributed by atoms with Gasteiger partial charge in [0.2, 0.25) is 5.88 Å². The van der Waals surface area contributed by atoms with Gasteiger partial charge in [0, 0.05) is 86.5 Å². The number of methoxy groups -OCH3 is 1. The van der Waals surface area contributed by atoms with Crippen LogP contribution in [0.15, 0.2) is 60.1 Å². The summed E-state index contributed by atoms with van der Waals surface area (Å²) in [7, 11) is 1.64. The number of hydrogen-bond donors (Lipinski definition) is 0. The van der Waals surface area contributed by atoms with Gasteiger partial charge in [-0.25, -0.2) is 14.5 Å². The summed E-state index contributed by atoms with van der Waals surface area (Å²) >= 11 is 0. The fourth-order valence-corrected chi connectivity index (χ4v) is 6.49. The van der Waals surface area contributed by atoms with Crippen molar-refractivity contribution in [3.8, 4) is 22.8 Å². The number of anilines is 1. The van der Waals surface area contributed by atoms with E-state index < -0.39 is 0 Å². The van der Waals surface area contributed by atoms with Gasteiger partial charge < -0.3 is 19.1 Å². The van der Waals surface area contributed by atoms with Crippen LogP contribution in [-0.2, 0) is 17.8 Å². The molecule has 0 amide bonds. The smallest absolute Gasteiger partial charge is 0.212 e. The topological polar surface area (TPSA) is 92.9 Å². The van der Waals surface area contributed by atoms with Crippen molar-refractivity contribution in [1.82, 2.24) is 29.4 Å². The molecule has 7 heterocycles. The first-order valence-corrected chi connectivity index (χ1v) is 15.0. The molecular formula is C32H38N8O3. The highest BCUT2D eigenvalue weighted by atomic mass is 16.5. The van der Waals surface area contributed by atoms with Crippen LogP contribution < -0.4 is 14.4 Å². The summed E-state index contributed by atoms with van der Waals surface area (Å²) in [6.07, 6.45) is 8.91. The zero-order chi connectivity index (χ0) is 29.2. The van der Waals surface area contributed by atoms with Crippen molar-refractivity contribution in [3.05, 3.63) is 66.2 Å². The van der Waals surface area contributed by atoms with E-state index in [4.69, 9.17) is 19.2 Å². The fraction of sp³-hybridized carbons (Fsp3) is 0.438. The molecule has 3 fully saturated rings. The molecule has 43 heavy (non-hydrogen) atoms. The Morgan fingerprint density at radius 1 is 1.02 bits per heavy atom. The van der Waals surface area contributed by atoms with E-state index in [0.717, 1.165) is 86.3 Å². The molecule has 0 radical (unpaired) electrons. The third kappa shape index (κ3) is 5.80. The molecule has 7 rings (SSSR count). The highest BCUT2D eigenvalue weighted by Crippen LogP contribution is 2.33. The normalized spacial score (nSPS) is 20.6. The molecule has 0 aliphatic carbocycles. The lowest BCUT2D eigenvalue weighted by Gasteiger charge is -2.52. The number of piperazine rings is 1. The van der Waals surface area contributed by atoms with E-state index in [0.29, 0.717) is 31.1 Å². The van der Waals surface area contributed by atoms with Gasteiger partial charge in [0.15, 0.2) is 0 Å². The molecule has 0 N–H and O–H groups in total. The summed E-state index contributed by atoms with van der Waals surface area (Å²) in [5.41, 5.74) is 5.27. The number of ether oxygens (including phenoxy) is 3. The SMILES string of the molecule is C=NCc1cnn2cc(OCCN3C4COCC3C4)cc(-c3ccc(N4CCN(Cc5ccc(OC)nc5)CC4)nc3)c12. The summed E-state index contributed by atoms with van der Waals surface area (Å²) in [4.78, 5) is 20.7. The predicted octanol–water partition coefficient (Wildman–Crippen LogP) is 3.17. The summed E-state index contributed by atoms with van der Waals surface area (Å²) in [5.74, 6) is 2.42. The summed E-state index contributed by atoms with van der Waals surface area (Å²) < 4.78 is 19.0. The third-order valence-corrected chi connectivity index (χ3v) is 8.83. The van der Waals surface area contributed by atoms with Crippen molar-refractivity contribution in [2.45, 2.75) is 31.6 Å². The fourth-order valence-electron chi connectivity index (χ4n) is 6.49. The standard InChI is InChI=1S/C32H38N8O3/c1-33-16-25-18-36-40-20-28(43-12-11-39-26-13-27(39)22-42-21-26)14-29(32(25)40)24-4-5-30(34-17-24)38-9-7-37(8-10-38)19-23-3-6-31(41-2)35-15-23/h3-6,14-15,17-18,20,26-27H,1,7-13,16,19,21-22H2,2H3. The molecule has 3 saturated heterocycles. The van der Waals surface area contributed by atoms with Gasteiger partial charge in [-0.1, -0.05) is 6.07 Å². The van der Waals surface area contributed by atoms with Crippen LogP contribution in [0.3, 0.4) is 0 Å². The molecule has 2 atom stereocenters. The zero-order valence-corrected chi connectivity index (χ0v) is 24.6. The van der Waals surface area contributed by atoms with E-state index in [1.807, 2.05) is 35.4 Å². The second-order valence-corrected chi connectivity index (χ2v) is 11.5. The number of rotatable bonds is 11. The Kier molecular flexibility index (Phi) is 7.92. The van der Waals surface area contributed by atoms with Crippen LogP contribution in [-0.4, -0.2) is 108 Å². The van der Waals surface area contributed by atoms with Crippen LogP contribution in [0, 0.1) is 0 Å². The lowest BCUT2D eigenvalue weighted by atomic mass is 9.91. The van der Waals surface area contributed by atoms with Gasteiger partial charge in [0.25, 0.3) is 0 Å².